The third-order valence-corrected chi connectivity index (χ3v) is 5.41. The van der Waals surface area contributed by atoms with Crippen molar-refractivity contribution in [3.8, 4) is 11.5 Å². The smallest absolute Gasteiger partial charge is 0.318 e. The Kier molecular flexibility index (Phi) is 6.58. The van der Waals surface area contributed by atoms with Crippen molar-refractivity contribution in [1.29, 1.82) is 0 Å². The van der Waals surface area contributed by atoms with Gasteiger partial charge in [-0.05, 0) is 77.0 Å². The van der Waals surface area contributed by atoms with E-state index in [0.29, 0.717) is 10.1 Å². The quantitative estimate of drug-likeness (QED) is 0.303. The molecule has 0 atom stereocenters. The number of benzene rings is 2. The maximum atomic E-state index is 14.7. The second-order valence-corrected chi connectivity index (χ2v) is 8.20. The molecule has 0 saturated heterocycles. The van der Waals surface area contributed by atoms with Gasteiger partial charge in [-0.15, -0.1) is 5.10 Å². The van der Waals surface area contributed by atoms with Crippen LogP contribution in [0.5, 0.6) is 0 Å². The Labute approximate surface area is 195 Å². The van der Waals surface area contributed by atoms with E-state index in [-0.39, 0.29) is 28.8 Å². The summed E-state index contributed by atoms with van der Waals surface area (Å²) >= 11 is 1.96. The van der Waals surface area contributed by atoms with E-state index in [2.05, 4.69) is 20.5 Å². The van der Waals surface area contributed by atoms with E-state index in [1.807, 2.05) is 34.7 Å². The molecule has 6 nitrogen and oxygen atoms in total. The predicted octanol–water partition coefficient (Wildman–Crippen LogP) is 5.58. The van der Waals surface area contributed by atoms with Crippen LogP contribution in [0.1, 0.15) is 5.56 Å². The Bertz CT molecular complexity index is 1240. The molecular formula is C22H17F3IN5O. The van der Waals surface area contributed by atoms with Crippen molar-refractivity contribution in [3.63, 3.8) is 0 Å². The molecule has 2 heterocycles. The SMILES string of the molecule is CN(CCc1ccncc1)c1nnc(-c2ccc(F)c(F)c2Nc2ccc(I)cc2F)o1. The zero-order valence-corrected chi connectivity index (χ0v) is 19.0. The lowest BCUT2D eigenvalue weighted by atomic mass is 10.1. The lowest BCUT2D eigenvalue weighted by Crippen LogP contribution is -2.20. The van der Waals surface area contributed by atoms with Gasteiger partial charge in [-0.3, -0.25) is 4.98 Å². The van der Waals surface area contributed by atoms with Gasteiger partial charge >= 0.3 is 6.01 Å². The van der Waals surface area contributed by atoms with Crippen molar-refractivity contribution in [2.45, 2.75) is 6.42 Å². The number of aromatic nitrogens is 3. The molecule has 2 aromatic heterocycles. The second-order valence-electron chi connectivity index (χ2n) is 6.95. The summed E-state index contributed by atoms with van der Waals surface area (Å²) in [6.07, 6.45) is 4.16. The van der Waals surface area contributed by atoms with Crippen molar-refractivity contribution in [2.75, 3.05) is 23.8 Å². The summed E-state index contributed by atoms with van der Waals surface area (Å²) in [6.45, 7) is 0.586. The molecule has 1 N–H and O–H groups in total. The Morgan fingerprint density at radius 2 is 1.78 bits per heavy atom. The van der Waals surface area contributed by atoms with E-state index in [9.17, 15) is 13.2 Å². The summed E-state index contributed by atoms with van der Waals surface area (Å²) in [5.41, 5.74) is 0.909. The molecule has 0 aliphatic rings. The third-order valence-electron chi connectivity index (χ3n) is 4.74. The average Bonchev–Trinajstić information content (AvgIpc) is 3.28. The largest absolute Gasteiger partial charge is 0.403 e. The number of halogens is 4. The Morgan fingerprint density at radius 3 is 2.53 bits per heavy atom. The van der Waals surface area contributed by atoms with Gasteiger partial charge in [0.05, 0.1) is 16.9 Å². The number of nitrogens with zero attached hydrogens (tertiary/aromatic N) is 4. The van der Waals surface area contributed by atoms with E-state index in [1.54, 1.807) is 30.4 Å². The van der Waals surface area contributed by atoms with Gasteiger partial charge in [0, 0.05) is 29.6 Å². The maximum Gasteiger partial charge on any atom is 0.318 e. The van der Waals surface area contributed by atoms with Crippen LogP contribution in [-0.4, -0.2) is 28.8 Å². The molecule has 0 saturated carbocycles. The maximum absolute atomic E-state index is 14.7. The van der Waals surface area contributed by atoms with Crippen molar-refractivity contribution in [3.05, 3.63) is 81.4 Å². The zero-order valence-electron chi connectivity index (χ0n) is 16.8. The first-order valence-electron chi connectivity index (χ1n) is 9.56. The highest BCUT2D eigenvalue weighted by atomic mass is 127. The topological polar surface area (TPSA) is 67.1 Å². The highest BCUT2D eigenvalue weighted by Gasteiger charge is 2.21. The zero-order chi connectivity index (χ0) is 22.7. The minimum atomic E-state index is -1.17. The van der Waals surface area contributed by atoms with Crippen LogP contribution in [-0.2, 0) is 6.42 Å². The van der Waals surface area contributed by atoms with Gasteiger partial charge in [-0.2, -0.15) is 0 Å². The predicted molar refractivity (Wildman–Crippen MR) is 123 cm³/mol. The van der Waals surface area contributed by atoms with E-state index >= 15 is 0 Å². The highest BCUT2D eigenvalue weighted by molar-refractivity contribution is 14.1. The fourth-order valence-electron chi connectivity index (χ4n) is 3.00. The van der Waals surface area contributed by atoms with Gasteiger partial charge in [0.25, 0.3) is 5.89 Å². The van der Waals surface area contributed by atoms with E-state index in [0.717, 1.165) is 18.1 Å². The van der Waals surface area contributed by atoms with Crippen LogP contribution in [0.4, 0.5) is 30.6 Å². The molecule has 32 heavy (non-hydrogen) atoms. The molecule has 0 unspecified atom stereocenters. The number of hydrogen-bond donors (Lipinski definition) is 1. The van der Waals surface area contributed by atoms with Crippen molar-refractivity contribution >= 4 is 40.0 Å². The molecule has 164 valence electrons. The standard InChI is InChI=1S/C22H17F3IN5O/c1-31(11-8-13-6-9-27-10-7-13)22-30-29-21(32-22)15-3-4-16(23)19(25)20(15)28-18-5-2-14(26)12-17(18)24/h2-7,9-10,12,28H,8,11H2,1H3. The summed E-state index contributed by atoms with van der Waals surface area (Å²) in [5.74, 6) is -2.89. The first kappa shape index (κ1) is 22.1. The van der Waals surface area contributed by atoms with Crippen molar-refractivity contribution in [1.82, 2.24) is 15.2 Å². The molecule has 2 aromatic carbocycles. The molecular weight excluding hydrogens is 534 g/mol. The van der Waals surface area contributed by atoms with E-state index < -0.39 is 17.5 Å². The number of hydrogen-bond acceptors (Lipinski definition) is 6. The lowest BCUT2D eigenvalue weighted by molar-refractivity contribution is 0.510. The third kappa shape index (κ3) is 4.85. The number of anilines is 3. The molecule has 0 aliphatic carbocycles. The molecule has 0 amide bonds. The fourth-order valence-corrected chi connectivity index (χ4v) is 3.45. The molecule has 4 rings (SSSR count). The Morgan fingerprint density at radius 1 is 1.00 bits per heavy atom. The Hall–Kier alpha value is -3.15. The van der Waals surface area contributed by atoms with Gasteiger partial charge in [-0.1, -0.05) is 5.10 Å². The lowest BCUT2D eigenvalue weighted by Gasteiger charge is -2.14. The molecule has 4 aromatic rings. The Balaban J connectivity index is 1.60. The first-order chi connectivity index (χ1) is 15.4. The van der Waals surface area contributed by atoms with E-state index in [4.69, 9.17) is 4.42 Å². The summed E-state index contributed by atoms with van der Waals surface area (Å²) in [5, 5.41) is 10.6. The fraction of sp³-hybridized carbons (Fsp3) is 0.136. The number of rotatable bonds is 7. The minimum Gasteiger partial charge on any atom is -0.403 e. The normalized spacial score (nSPS) is 10.9. The van der Waals surface area contributed by atoms with E-state index in [1.165, 1.54) is 18.2 Å². The average molecular weight is 551 g/mol. The van der Waals surface area contributed by atoms with Crippen LogP contribution in [0, 0.1) is 21.0 Å². The summed E-state index contributed by atoms with van der Waals surface area (Å²) in [4.78, 5) is 5.74. The molecule has 0 radical (unpaired) electrons. The van der Waals surface area contributed by atoms with Crippen LogP contribution in [0.3, 0.4) is 0 Å². The van der Waals surface area contributed by atoms with Crippen LogP contribution >= 0.6 is 22.6 Å². The second kappa shape index (κ2) is 9.55. The van der Waals surface area contributed by atoms with Crippen LogP contribution in [0.15, 0.2) is 59.3 Å². The van der Waals surface area contributed by atoms with Crippen molar-refractivity contribution in [2.24, 2.45) is 0 Å². The van der Waals surface area contributed by atoms with Crippen LogP contribution < -0.4 is 10.2 Å². The molecule has 10 heteroatoms. The summed E-state index contributed by atoms with van der Waals surface area (Å²) in [7, 11) is 1.78. The van der Waals surface area contributed by atoms with Gasteiger partial charge in [0.15, 0.2) is 11.6 Å². The molecule has 0 aliphatic heterocycles. The van der Waals surface area contributed by atoms with Crippen molar-refractivity contribution < 1.29 is 17.6 Å². The van der Waals surface area contributed by atoms with Gasteiger partial charge in [-0.25, -0.2) is 13.2 Å². The van der Waals surface area contributed by atoms with Crippen LogP contribution in [0.2, 0.25) is 0 Å². The summed E-state index contributed by atoms with van der Waals surface area (Å²) < 4.78 is 49.3. The minimum absolute atomic E-state index is 0.00891. The number of likely N-dealkylation sites (N-methyl/N-ethyl adjacent to an activating group) is 1. The molecule has 0 bridgehead atoms. The van der Waals surface area contributed by atoms with Gasteiger partial charge < -0.3 is 14.6 Å². The summed E-state index contributed by atoms with van der Waals surface area (Å²) in [6, 6.07) is 10.7. The monoisotopic (exact) mass is 551 g/mol. The molecule has 0 fully saturated rings. The molecule has 0 spiro atoms. The van der Waals surface area contributed by atoms with Crippen LogP contribution in [0.25, 0.3) is 11.5 Å². The number of nitrogens with one attached hydrogen (secondary N) is 1. The van der Waals surface area contributed by atoms with Gasteiger partial charge in [0.1, 0.15) is 5.82 Å². The number of pyridine rings is 1. The first-order valence-corrected chi connectivity index (χ1v) is 10.6. The van der Waals surface area contributed by atoms with Gasteiger partial charge in [0.2, 0.25) is 0 Å². The highest BCUT2D eigenvalue weighted by Crippen LogP contribution is 2.35.